The Kier molecular flexibility index (Phi) is 4.99. The molecule has 11 heteroatoms. The highest BCUT2D eigenvalue weighted by Crippen LogP contribution is 2.38. The van der Waals surface area contributed by atoms with Gasteiger partial charge in [0.25, 0.3) is 0 Å². The summed E-state index contributed by atoms with van der Waals surface area (Å²) in [5.74, 6) is -0.603. The molecule has 0 aromatic heterocycles. The van der Waals surface area contributed by atoms with E-state index in [2.05, 4.69) is 8.37 Å². The largest absolute Gasteiger partial charge is 0.508 e. The van der Waals surface area contributed by atoms with Gasteiger partial charge < -0.3 is 8.37 Å². The van der Waals surface area contributed by atoms with E-state index in [0.29, 0.717) is 0 Å². The molecule has 0 aliphatic heterocycles. The minimum absolute atomic E-state index is 0.0328. The number of benzene rings is 2. The van der Waals surface area contributed by atoms with Crippen LogP contribution in [0.5, 0.6) is 11.5 Å². The first-order valence-corrected chi connectivity index (χ1v) is 7.50. The van der Waals surface area contributed by atoms with Crippen molar-refractivity contribution in [1.82, 2.24) is 0 Å². The fraction of sp³-hybridized carbons (Fsp3) is 0.167. The van der Waals surface area contributed by atoms with Gasteiger partial charge >= 0.3 is 22.1 Å². The zero-order valence-electron chi connectivity index (χ0n) is 10.8. The molecule has 23 heavy (non-hydrogen) atoms. The maximum absolute atomic E-state index is 12.3. The molecule has 0 bridgehead atoms. The van der Waals surface area contributed by atoms with Crippen LogP contribution < -0.4 is 8.37 Å². The monoisotopic (exact) mass is 376 g/mol. The number of rotatable bonds is 4. The molecule has 3 nitrogen and oxygen atoms in total. The molecule has 0 heterocycles. The molecule has 0 aliphatic rings. The predicted octanol–water partition coefficient (Wildman–Crippen LogP) is 4.95. The Bertz CT molecular complexity index is 729. The lowest BCUT2D eigenvalue weighted by molar-refractivity contribution is -0.0438. The molecule has 1 atom stereocenters. The summed E-state index contributed by atoms with van der Waals surface area (Å²) in [6.45, 7) is 0. The molecular formula is C12H6F6O3S2. The standard InChI is InChI=1S/C12H6F6O3S2/c13-11(14,15)22-20-9-5-1-4-8-7(9)3-2-6-10(8)21-23(19)12(16,17)18/h1-6H. The Morgan fingerprint density at radius 1 is 0.870 bits per heavy atom. The lowest BCUT2D eigenvalue weighted by atomic mass is 10.1. The van der Waals surface area contributed by atoms with Crippen molar-refractivity contribution in [2.45, 2.75) is 11.0 Å². The van der Waals surface area contributed by atoms with Gasteiger partial charge in [-0.15, -0.1) is 0 Å². The summed E-state index contributed by atoms with van der Waals surface area (Å²) in [5, 5.41) is 0.117. The Hall–Kier alpha value is -1.62. The average molecular weight is 376 g/mol. The molecule has 0 amide bonds. The smallest absolute Gasteiger partial charge is 0.416 e. The average Bonchev–Trinajstić information content (AvgIpc) is 2.43. The van der Waals surface area contributed by atoms with Crippen LogP contribution in [0, 0.1) is 0 Å². The van der Waals surface area contributed by atoms with Crippen molar-refractivity contribution in [2.75, 3.05) is 0 Å². The van der Waals surface area contributed by atoms with E-state index in [9.17, 15) is 30.6 Å². The van der Waals surface area contributed by atoms with Crippen molar-refractivity contribution in [3.05, 3.63) is 36.4 Å². The van der Waals surface area contributed by atoms with E-state index >= 15 is 0 Å². The van der Waals surface area contributed by atoms with Crippen molar-refractivity contribution in [2.24, 2.45) is 0 Å². The first-order chi connectivity index (χ1) is 10.6. The summed E-state index contributed by atoms with van der Waals surface area (Å²) in [6, 6.07) is 7.50. The molecule has 0 aliphatic carbocycles. The maximum atomic E-state index is 12.3. The number of halogens is 6. The predicted molar refractivity (Wildman–Crippen MR) is 73.0 cm³/mol. The van der Waals surface area contributed by atoms with Crippen molar-refractivity contribution >= 4 is 33.9 Å². The normalized spacial score (nSPS) is 13.8. The third kappa shape index (κ3) is 4.67. The molecule has 126 valence electrons. The lowest BCUT2D eigenvalue weighted by Gasteiger charge is -2.12. The van der Waals surface area contributed by atoms with Gasteiger partial charge in [0.2, 0.25) is 0 Å². The summed E-state index contributed by atoms with van der Waals surface area (Å²) >= 11 is -4.35. The fourth-order valence-electron chi connectivity index (χ4n) is 1.62. The van der Waals surface area contributed by atoms with Crippen LogP contribution in [0.3, 0.4) is 0 Å². The molecule has 0 radical (unpaired) electrons. The van der Waals surface area contributed by atoms with Gasteiger partial charge in [-0.3, -0.25) is 0 Å². The van der Waals surface area contributed by atoms with Crippen molar-refractivity contribution < 1.29 is 38.9 Å². The minimum atomic E-state index is -5.08. The first kappa shape index (κ1) is 17.7. The topological polar surface area (TPSA) is 35.5 Å². The summed E-state index contributed by atoms with van der Waals surface area (Å²) in [5.41, 5.74) is -9.73. The Morgan fingerprint density at radius 3 is 1.91 bits per heavy atom. The molecular weight excluding hydrogens is 370 g/mol. The highest BCUT2D eigenvalue weighted by atomic mass is 32.2. The molecule has 1 unspecified atom stereocenters. The SMILES string of the molecule is O=S(Oc1cccc2c(OSC(F)(F)F)cccc12)C(F)(F)F. The second-order valence-corrected chi connectivity index (χ2v) is 5.88. The molecule has 2 aromatic rings. The van der Waals surface area contributed by atoms with E-state index in [0.717, 1.165) is 6.07 Å². The van der Waals surface area contributed by atoms with Crippen LogP contribution in [0.15, 0.2) is 36.4 Å². The van der Waals surface area contributed by atoms with E-state index < -0.39 is 34.1 Å². The van der Waals surface area contributed by atoms with E-state index in [4.69, 9.17) is 0 Å². The van der Waals surface area contributed by atoms with Crippen LogP contribution in [0.4, 0.5) is 26.3 Å². The third-order valence-electron chi connectivity index (χ3n) is 2.42. The van der Waals surface area contributed by atoms with E-state index in [-0.39, 0.29) is 22.3 Å². The van der Waals surface area contributed by atoms with Crippen LogP contribution in [0.25, 0.3) is 10.8 Å². The van der Waals surface area contributed by atoms with Crippen LogP contribution in [0.2, 0.25) is 0 Å². The molecule has 0 N–H and O–H groups in total. The van der Waals surface area contributed by atoms with E-state index in [1.165, 1.54) is 30.3 Å². The van der Waals surface area contributed by atoms with Gasteiger partial charge in [-0.25, -0.2) is 4.21 Å². The van der Waals surface area contributed by atoms with Crippen molar-refractivity contribution in [3.8, 4) is 11.5 Å². The van der Waals surface area contributed by atoms with Crippen molar-refractivity contribution in [3.63, 3.8) is 0 Å². The first-order valence-electron chi connectivity index (χ1n) is 5.69. The van der Waals surface area contributed by atoms with Gasteiger partial charge in [-0.05, 0) is 12.1 Å². The highest BCUT2D eigenvalue weighted by Gasteiger charge is 2.40. The number of alkyl halides is 6. The van der Waals surface area contributed by atoms with E-state index in [1.54, 1.807) is 0 Å². The number of hydrogen-bond donors (Lipinski definition) is 0. The summed E-state index contributed by atoms with van der Waals surface area (Å²) in [6.07, 6.45) is 0. The van der Waals surface area contributed by atoms with Gasteiger partial charge in [0.05, 0.1) is 0 Å². The van der Waals surface area contributed by atoms with E-state index in [1.807, 2.05) is 0 Å². The Balaban J connectivity index is 2.37. The second kappa shape index (κ2) is 6.48. The molecule has 0 saturated carbocycles. The Labute approximate surface area is 132 Å². The van der Waals surface area contributed by atoms with Gasteiger partial charge in [-0.1, -0.05) is 24.3 Å². The number of fused-ring (bicyclic) bond motifs is 1. The van der Waals surface area contributed by atoms with Crippen LogP contribution in [0.1, 0.15) is 0 Å². The second-order valence-electron chi connectivity index (χ2n) is 3.98. The van der Waals surface area contributed by atoms with Crippen LogP contribution in [-0.2, 0) is 11.1 Å². The maximum Gasteiger partial charge on any atom is 0.508 e. The lowest BCUT2D eigenvalue weighted by Crippen LogP contribution is -2.21. The molecule has 2 rings (SSSR count). The van der Waals surface area contributed by atoms with Crippen LogP contribution in [-0.4, -0.2) is 15.2 Å². The third-order valence-corrected chi connectivity index (χ3v) is 3.58. The van der Waals surface area contributed by atoms with Gasteiger partial charge in [0, 0.05) is 10.8 Å². The number of hydrogen-bond acceptors (Lipinski definition) is 4. The van der Waals surface area contributed by atoms with Crippen molar-refractivity contribution in [1.29, 1.82) is 0 Å². The van der Waals surface area contributed by atoms with Gasteiger partial charge in [-0.2, -0.15) is 26.3 Å². The van der Waals surface area contributed by atoms with Gasteiger partial charge in [0.1, 0.15) is 11.5 Å². The zero-order valence-corrected chi connectivity index (χ0v) is 12.4. The zero-order chi connectivity index (χ0) is 17.3. The van der Waals surface area contributed by atoms with Gasteiger partial charge in [0.15, 0.2) is 12.0 Å². The summed E-state index contributed by atoms with van der Waals surface area (Å²) in [7, 11) is 0. The summed E-state index contributed by atoms with van der Waals surface area (Å²) in [4.78, 5) is 0. The highest BCUT2D eigenvalue weighted by molar-refractivity contribution is 7.95. The molecule has 0 saturated heterocycles. The van der Waals surface area contributed by atoms with Crippen LogP contribution >= 0.6 is 12.0 Å². The Morgan fingerprint density at radius 2 is 1.39 bits per heavy atom. The summed E-state index contributed by atoms with van der Waals surface area (Å²) < 4.78 is 93.3. The molecule has 0 fully saturated rings. The minimum Gasteiger partial charge on any atom is -0.416 e. The fourth-order valence-corrected chi connectivity index (χ4v) is 2.35. The quantitative estimate of drug-likeness (QED) is 0.559. The molecule has 0 spiro atoms. The molecule has 2 aromatic carbocycles.